The second-order valence-corrected chi connectivity index (χ2v) is 3.91. The molecule has 3 rings (SSSR count). The van der Waals surface area contributed by atoms with Crippen molar-refractivity contribution in [2.24, 2.45) is 7.05 Å². The molecule has 0 amide bonds. The van der Waals surface area contributed by atoms with Crippen LogP contribution in [0.4, 0.5) is 0 Å². The Hall–Kier alpha value is -2.28. The highest BCUT2D eigenvalue weighted by atomic mass is 35.5. The third-order valence-corrected chi connectivity index (χ3v) is 2.69. The molecule has 0 aliphatic heterocycles. The summed E-state index contributed by atoms with van der Waals surface area (Å²) in [5, 5.41) is 16.3. The Labute approximate surface area is 107 Å². The summed E-state index contributed by atoms with van der Waals surface area (Å²) in [6.45, 7) is 0. The second kappa shape index (κ2) is 4.19. The quantitative estimate of drug-likeness (QED) is 0.691. The van der Waals surface area contributed by atoms with Gasteiger partial charge in [-0.25, -0.2) is 9.67 Å². The van der Waals surface area contributed by atoms with Crippen molar-refractivity contribution in [2.45, 2.75) is 0 Å². The first-order valence-corrected chi connectivity index (χ1v) is 5.53. The molecule has 0 fully saturated rings. The van der Waals surface area contributed by atoms with E-state index in [1.54, 1.807) is 19.4 Å². The molecule has 0 atom stereocenters. The Morgan fingerprint density at radius 3 is 2.83 bits per heavy atom. The number of tetrazole rings is 1. The fourth-order valence-electron chi connectivity index (χ4n) is 1.51. The lowest BCUT2D eigenvalue weighted by atomic mass is 10.3. The first kappa shape index (κ1) is 10.8. The minimum atomic E-state index is 0.404. The molecule has 3 aromatic heterocycles. The third-order valence-electron chi connectivity index (χ3n) is 2.33. The highest BCUT2D eigenvalue weighted by molar-refractivity contribution is 6.32. The van der Waals surface area contributed by atoms with Gasteiger partial charge in [-0.2, -0.15) is 9.90 Å². The van der Waals surface area contributed by atoms with E-state index in [1.165, 1.54) is 9.48 Å². The van der Waals surface area contributed by atoms with Crippen LogP contribution in [0.25, 0.3) is 17.2 Å². The van der Waals surface area contributed by atoms with E-state index < -0.39 is 0 Å². The standard InChI is InChI=1S/C10H8ClN7/c1-17-15-10(14-16-17)7-6-13-18(9(7)11)8-4-2-3-5-12-8/h2-6H,1H3. The number of pyridine rings is 1. The molecule has 0 spiro atoms. The summed E-state index contributed by atoms with van der Waals surface area (Å²) in [5.74, 6) is 1.07. The van der Waals surface area contributed by atoms with E-state index in [0.717, 1.165) is 0 Å². The SMILES string of the molecule is Cn1nnc(-c2cnn(-c3ccccn3)c2Cl)n1. The highest BCUT2D eigenvalue weighted by Crippen LogP contribution is 2.25. The number of aryl methyl sites for hydroxylation is 1. The molecule has 18 heavy (non-hydrogen) atoms. The van der Waals surface area contributed by atoms with E-state index in [-0.39, 0.29) is 0 Å². The predicted molar refractivity (Wildman–Crippen MR) is 64.2 cm³/mol. The molecule has 7 nitrogen and oxygen atoms in total. The molecule has 0 aromatic carbocycles. The van der Waals surface area contributed by atoms with Crippen molar-refractivity contribution in [3.8, 4) is 17.2 Å². The van der Waals surface area contributed by atoms with Gasteiger partial charge < -0.3 is 0 Å². The molecule has 3 heterocycles. The number of hydrogen-bond donors (Lipinski definition) is 0. The summed E-state index contributed by atoms with van der Waals surface area (Å²) < 4.78 is 1.52. The van der Waals surface area contributed by atoms with Crippen LogP contribution in [0.1, 0.15) is 0 Å². The zero-order valence-electron chi connectivity index (χ0n) is 9.40. The molecule has 0 radical (unpaired) electrons. The average molecular weight is 262 g/mol. The van der Waals surface area contributed by atoms with Crippen molar-refractivity contribution in [1.82, 2.24) is 35.0 Å². The molecule has 3 aromatic rings. The minimum absolute atomic E-state index is 0.404. The largest absolute Gasteiger partial charge is 0.237 e. The van der Waals surface area contributed by atoms with Crippen molar-refractivity contribution < 1.29 is 0 Å². The van der Waals surface area contributed by atoms with Gasteiger partial charge in [0.05, 0.1) is 18.8 Å². The lowest BCUT2D eigenvalue weighted by Gasteiger charge is -2.00. The van der Waals surface area contributed by atoms with Crippen LogP contribution in [0.3, 0.4) is 0 Å². The van der Waals surface area contributed by atoms with Gasteiger partial charge in [-0.15, -0.1) is 10.2 Å². The lowest BCUT2D eigenvalue weighted by molar-refractivity contribution is 0.630. The van der Waals surface area contributed by atoms with Crippen molar-refractivity contribution in [1.29, 1.82) is 0 Å². The number of nitrogens with zero attached hydrogens (tertiary/aromatic N) is 7. The van der Waals surface area contributed by atoms with E-state index >= 15 is 0 Å². The van der Waals surface area contributed by atoms with Gasteiger partial charge in [0.25, 0.3) is 0 Å². The molecule has 0 aliphatic carbocycles. The zero-order chi connectivity index (χ0) is 12.5. The Balaban J connectivity index is 2.08. The van der Waals surface area contributed by atoms with Gasteiger partial charge in [0.15, 0.2) is 5.82 Å². The summed E-state index contributed by atoms with van der Waals surface area (Å²) in [4.78, 5) is 5.54. The monoisotopic (exact) mass is 261 g/mol. The van der Waals surface area contributed by atoms with E-state index in [4.69, 9.17) is 11.6 Å². The Bertz CT molecular complexity index is 673. The summed E-state index contributed by atoms with van der Waals surface area (Å²) in [5.41, 5.74) is 0.621. The van der Waals surface area contributed by atoms with Crippen LogP contribution in [0.15, 0.2) is 30.6 Å². The summed E-state index contributed by atoms with van der Waals surface area (Å²) in [7, 11) is 1.69. The van der Waals surface area contributed by atoms with Gasteiger partial charge in [-0.05, 0) is 17.3 Å². The number of halogens is 1. The van der Waals surface area contributed by atoms with Gasteiger partial charge in [0, 0.05) is 6.20 Å². The van der Waals surface area contributed by atoms with Crippen LogP contribution in [-0.2, 0) is 7.05 Å². The lowest BCUT2D eigenvalue weighted by Crippen LogP contribution is -1.98. The van der Waals surface area contributed by atoms with Crippen LogP contribution >= 0.6 is 11.6 Å². The fourth-order valence-corrected chi connectivity index (χ4v) is 1.78. The zero-order valence-corrected chi connectivity index (χ0v) is 10.2. The number of rotatable bonds is 2. The summed E-state index contributed by atoms with van der Waals surface area (Å²) in [6, 6.07) is 5.50. The molecule has 0 unspecified atom stereocenters. The third kappa shape index (κ3) is 1.74. The molecular weight excluding hydrogens is 254 g/mol. The maximum absolute atomic E-state index is 6.25. The van der Waals surface area contributed by atoms with Crippen molar-refractivity contribution >= 4 is 11.6 Å². The normalized spacial score (nSPS) is 10.8. The van der Waals surface area contributed by atoms with Crippen molar-refractivity contribution in [3.05, 3.63) is 35.7 Å². The van der Waals surface area contributed by atoms with E-state index in [2.05, 4.69) is 25.5 Å². The topological polar surface area (TPSA) is 74.3 Å². The van der Waals surface area contributed by atoms with Crippen LogP contribution in [0.2, 0.25) is 5.15 Å². The molecule has 0 bridgehead atoms. The van der Waals surface area contributed by atoms with Crippen molar-refractivity contribution in [2.75, 3.05) is 0 Å². The van der Waals surface area contributed by atoms with E-state index in [9.17, 15) is 0 Å². The number of aromatic nitrogens is 7. The first-order chi connectivity index (χ1) is 8.75. The maximum Gasteiger partial charge on any atom is 0.209 e. The van der Waals surface area contributed by atoms with Gasteiger partial charge >= 0.3 is 0 Å². The molecule has 0 saturated heterocycles. The molecule has 90 valence electrons. The van der Waals surface area contributed by atoms with Crippen molar-refractivity contribution in [3.63, 3.8) is 0 Å². The van der Waals surface area contributed by atoms with E-state index in [1.807, 2.05) is 18.2 Å². The van der Waals surface area contributed by atoms with Gasteiger partial charge in [0.2, 0.25) is 5.82 Å². The van der Waals surface area contributed by atoms with Gasteiger partial charge in [-0.3, -0.25) is 0 Å². The first-order valence-electron chi connectivity index (χ1n) is 5.15. The summed E-state index contributed by atoms with van der Waals surface area (Å²) in [6.07, 6.45) is 3.27. The van der Waals surface area contributed by atoms with Crippen LogP contribution in [0.5, 0.6) is 0 Å². The van der Waals surface area contributed by atoms with Gasteiger partial charge in [-0.1, -0.05) is 17.7 Å². The Kier molecular flexibility index (Phi) is 2.52. The van der Waals surface area contributed by atoms with E-state index in [0.29, 0.717) is 22.4 Å². The smallest absolute Gasteiger partial charge is 0.209 e. The van der Waals surface area contributed by atoms with Gasteiger partial charge in [0.1, 0.15) is 5.15 Å². The Morgan fingerprint density at radius 1 is 1.28 bits per heavy atom. The van der Waals surface area contributed by atoms with Crippen LogP contribution < -0.4 is 0 Å². The fraction of sp³-hybridized carbons (Fsp3) is 0.100. The van der Waals surface area contributed by atoms with Crippen LogP contribution in [0, 0.1) is 0 Å². The molecule has 0 saturated carbocycles. The molecular formula is C10H8ClN7. The van der Waals surface area contributed by atoms with Crippen LogP contribution in [-0.4, -0.2) is 35.0 Å². The minimum Gasteiger partial charge on any atom is -0.237 e. The highest BCUT2D eigenvalue weighted by Gasteiger charge is 2.16. The number of hydrogen-bond acceptors (Lipinski definition) is 5. The maximum atomic E-state index is 6.25. The average Bonchev–Trinajstić information content (AvgIpc) is 2.97. The second-order valence-electron chi connectivity index (χ2n) is 3.55. The molecule has 8 heteroatoms. The molecule has 0 aliphatic rings. The Morgan fingerprint density at radius 2 is 2.17 bits per heavy atom. The predicted octanol–water partition coefficient (Wildman–Crippen LogP) is 1.11. The summed E-state index contributed by atoms with van der Waals surface area (Å²) >= 11 is 6.25. The molecule has 0 N–H and O–H groups in total.